The zero-order chi connectivity index (χ0) is 26.2. The van der Waals surface area contributed by atoms with E-state index in [2.05, 4.69) is 70.7 Å². The first-order valence-corrected chi connectivity index (χ1v) is 13.3. The molecule has 0 saturated heterocycles. The highest BCUT2D eigenvalue weighted by Crippen LogP contribution is 2.32. The Morgan fingerprint density at radius 1 is 0.526 bits per heavy atom. The Bertz CT molecular complexity index is 1690. The smallest absolute Gasteiger partial charge is 0.494 e. The summed E-state index contributed by atoms with van der Waals surface area (Å²) in [6, 6.07) is 36.7. The molecule has 2 heterocycles. The highest BCUT2D eigenvalue weighted by molar-refractivity contribution is 6.04. The second kappa shape index (κ2) is 12.6. The van der Waals surface area contributed by atoms with E-state index in [4.69, 9.17) is 7.58 Å². The van der Waals surface area contributed by atoms with Crippen LogP contribution in [0.3, 0.4) is 0 Å². The fraction of sp³-hybridized carbons (Fsp3) is 0. The van der Waals surface area contributed by atoms with Crippen molar-refractivity contribution < 1.29 is 7.58 Å². The third-order valence-corrected chi connectivity index (χ3v) is 6.77. The maximum atomic E-state index is 5.39. The second-order valence-corrected chi connectivity index (χ2v) is 9.04. The summed E-state index contributed by atoms with van der Waals surface area (Å²) in [5.74, 6) is 1.64. The maximum absolute atomic E-state index is 5.39. The first kappa shape index (κ1) is 25.7. The molecule has 180 valence electrons. The van der Waals surface area contributed by atoms with E-state index >= 15 is 0 Å². The van der Waals surface area contributed by atoms with Gasteiger partial charge in [0.1, 0.15) is 22.5 Å². The zero-order valence-corrected chi connectivity index (χ0v) is 23.7. The SMILES string of the molecule is [AlH][O]c1ccc(-c2ccccc2)c2cccnc12.[AlH][O]c1ccc(/C=C/c2ccccc2)c2cccnc12. The first-order valence-electron chi connectivity index (χ1n) is 12.2. The van der Waals surface area contributed by atoms with Gasteiger partial charge in [-0.25, -0.2) is 0 Å². The largest absolute Gasteiger partial charge is 0.649 e. The predicted molar refractivity (Wildman–Crippen MR) is 160 cm³/mol. The van der Waals surface area contributed by atoms with Crippen LogP contribution >= 0.6 is 0 Å². The molecule has 0 saturated carbocycles. The predicted octanol–water partition coefficient (Wildman–Crippen LogP) is 6.70. The topological polar surface area (TPSA) is 44.2 Å². The molecule has 2 aromatic heterocycles. The van der Waals surface area contributed by atoms with Crippen LogP contribution in [-0.2, 0) is 0 Å². The van der Waals surface area contributed by atoms with Crippen molar-refractivity contribution in [1.29, 1.82) is 0 Å². The van der Waals surface area contributed by atoms with Crippen LogP contribution in [0.25, 0.3) is 45.1 Å². The van der Waals surface area contributed by atoms with Gasteiger partial charge in [-0.3, -0.25) is 9.97 Å². The molecule has 0 spiro atoms. The molecule has 6 heteroatoms. The molecule has 6 rings (SSSR count). The van der Waals surface area contributed by atoms with Crippen LogP contribution in [0, 0.1) is 0 Å². The molecule has 0 aliphatic rings. The molecular weight excluding hydrogens is 498 g/mol. The summed E-state index contributed by atoms with van der Waals surface area (Å²) < 4.78 is 10.8. The van der Waals surface area contributed by atoms with Crippen LogP contribution in [0.1, 0.15) is 11.1 Å². The average molecular weight is 523 g/mol. The Kier molecular flexibility index (Phi) is 8.51. The van der Waals surface area contributed by atoms with E-state index in [1.807, 2.05) is 60.7 Å². The average Bonchev–Trinajstić information content (AvgIpc) is 3.00. The monoisotopic (exact) mass is 522 g/mol. The van der Waals surface area contributed by atoms with E-state index in [-0.39, 0.29) is 0 Å². The van der Waals surface area contributed by atoms with Crippen LogP contribution in [0.5, 0.6) is 11.5 Å². The normalized spacial score (nSPS) is 10.7. The van der Waals surface area contributed by atoms with Gasteiger partial charge in [0.2, 0.25) is 0 Å². The third kappa shape index (κ3) is 5.81. The number of pyridine rings is 2. The van der Waals surface area contributed by atoms with E-state index in [0.717, 1.165) is 38.9 Å². The van der Waals surface area contributed by atoms with Crippen molar-refractivity contribution in [3.8, 4) is 22.6 Å². The summed E-state index contributed by atoms with van der Waals surface area (Å²) in [6.45, 7) is 0. The van der Waals surface area contributed by atoms with Crippen molar-refractivity contribution >= 4 is 67.2 Å². The van der Waals surface area contributed by atoms with Crippen LogP contribution in [0.15, 0.2) is 122 Å². The molecular formula is C32H24Al2N2O2. The molecule has 4 nitrogen and oxygen atoms in total. The number of fused-ring (bicyclic) bond motifs is 2. The third-order valence-electron chi connectivity index (χ3n) is 6.15. The number of benzene rings is 4. The Labute approximate surface area is 239 Å². The lowest BCUT2D eigenvalue weighted by atomic mass is 10.0. The van der Waals surface area contributed by atoms with Gasteiger partial charge in [-0.1, -0.05) is 97.1 Å². The van der Waals surface area contributed by atoms with Crippen molar-refractivity contribution in [1.82, 2.24) is 9.97 Å². The van der Waals surface area contributed by atoms with E-state index in [1.54, 1.807) is 12.4 Å². The summed E-state index contributed by atoms with van der Waals surface area (Å²) >= 11 is 2.94. The van der Waals surface area contributed by atoms with E-state index < -0.39 is 0 Å². The standard InChI is InChI=1S/C17H13NO.C15H11NO.2Al.2H/c19-16-11-10-14(15-7-4-12-18-17(15)16)9-8-13-5-2-1-3-6-13;17-14-9-8-12(11-5-2-1-3-6-11)13-7-4-10-16-15(13)14;;;;/h1-12,19H;1-10,17H;;;;/q;;2*+1;;/p-2/b9-8+;;;;;. The number of aromatic nitrogens is 2. The molecule has 0 atom stereocenters. The lowest BCUT2D eigenvalue weighted by molar-refractivity contribution is 0.622. The Morgan fingerprint density at radius 2 is 1.11 bits per heavy atom. The van der Waals surface area contributed by atoms with Gasteiger partial charge in [-0.05, 0) is 46.5 Å². The second-order valence-electron chi connectivity index (χ2n) is 8.46. The zero-order valence-electron chi connectivity index (χ0n) is 20.8. The van der Waals surface area contributed by atoms with Gasteiger partial charge in [-0.15, -0.1) is 0 Å². The minimum Gasteiger partial charge on any atom is -0.649 e. The van der Waals surface area contributed by atoms with Gasteiger partial charge in [0.15, 0.2) is 0 Å². The van der Waals surface area contributed by atoms with Gasteiger partial charge in [0.05, 0.1) is 0 Å². The molecule has 6 aromatic rings. The van der Waals surface area contributed by atoms with E-state index in [9.17, 15) is 0 Å². The number of hydrogen-bond donors (Lipinski definition) is 0. The minimum atomic E-state index is 0.816. The first-order chi connectivity index (χ1) is 18.8. The van der Waals surface area contributed by atoms with Gasteiger partial charge in [-0.2, -0.15) is 0 Å². The fourth-order valence-corrected chi connectivity index (χ4v) is 4.78. The van der Waals surface area contributed by atoms with Crippen molar-refractivity contribution in [2.45, 2.75) is 0 Å². The molecule has 0 aliphatic heterocycles. The van der Waals surface area contributed by atoms with E-state index in [1.165, 1.54) is 49.9 Å². The quantitative estimate of drug-likeness (QED) is 0.187. The molecule has 4 aromatic carbocycles. The lowest BCUT2D eigenvalue weighted by Gasteiger charge is -2.10. The van der Waals surface area contributed by atoms with Crippen molar-refractivity contribution in [2.24, 2.45) is 0 Å². The van der Waals surface area contributed by atoms with Crippen molar-refractivity contribution in [3.05, 3.63) is 133 Å². The molecule has 2 radical (unpaired) electrons. The van der Waals surface area contributed by atoms with Gasteiger partial charge in [0, 0.05) is 23.2 Å². The van der Waals surface area contributed by atoms with E-state index in [0.29, 0.717) is 0 Å². The Hall–Kier alpha value is -3.90. The molecule has 38 heavy (non-hydrogen) atoms. The highest BCUT2D eigenvalue weighted by atomic mass is 27.1. The van der Waals surface area contributed by atoms with Crippen LogP contribution < -0.4 is 7.58 Å². The van der Waals surface area contributed by atoms with Crippen molar-refractivity contribution in [2.75, 3.05) is 0 Å². The number of hydrogen-bond acceptors (Lipinski definition) is 4. The summed E-state index contributed by atoms with van der Waals surface area (Å²) in [5.41, 5.74) is 6.51. The van der Waals surface area contributed by atoms with Crippen LogP contribution in [0.2, 0.25) is 0 Å². The lowest BCUT2D eigenvalue weighted by Crippen LogP contribution is -1.90. The van der Waals surface area contributed by atoms with Crippen LogP contribution in [0.4, 0.5) is 0 Å². The molecule has 0 N–H and O–H groups in total. The Morgan fingerprint density at radius 3 is 1.76 bits per heavy atom. The minimum absolute atomic E-state index is 0.816. The summed E-state index contributed by atoms with van der Waals surface area (Å²) in [5, 5.41) is 2.22. The van der Waals surface area contributed by atoms with Gasteiger partial charge in [0.25, 0.3) is 0 Å². The molecule has 0 fully saturated rings. The number of nitrogens with zero attached hydrogens (tertiary/aromatic N) is 2. The molecule has 0 aliphatic carbocycles. The van der Waals surface area contributed by atoms with Crippen LogP contribution in [-0.4, -0.2) is 43.2 Å². The maximum Gasteiger partial charge on any atom is 0.494 e. The molecule has 0 bridgehead atoms. The summed E-state index contributed by atoms with van der Waals surface area (Å²) in [4.78, 5) is 8.83. The summed E-state index contributed by atoms with van der Waals surface area (Å²) in [6.07, 6.45) is 7.80. The Balaban J connectivity index is 0.000000156. The highest BCUT2D eigenvalue weighted by Gasteiger charge is 2.08. The van der Waals surface area contributed by atoms with Gasteiger partial charge < -0.3 is 7.58 Å². The molecule has 0 amide bonds. The fourth-order valence-electron chi connectivity index (χ4n) is 4.31. The molecule has 0 unspecified atom stereocenters. The van der Waals surface area contributed by atoms with Crippen molar-refractivity contribution in [3.63, 3.8) is 0 Å². The number of rotatable bonds is 5. The summed E-state index contributed by atoms with van der Waals surface area (Å²) in [7, 11) is 0. The van der Waals surface area contributed by atoms with Gasteiger partial charge >= 0.3 is 33.2 Å².